The number of methoxy groups -OCH3 is 2. The second-order valence-corrected chi connectivity index (χ2v) is 6.68. The predicted molar refractivity (Wildman–Crippen MR) is 112 cm³/mol. The number of benzene rings is 3. The molecule has 1 heterocycles. The molecule has 3 aromatic carbocycles. The van der Waals surface area contributed by atoms with Gasteiger partial charge in [0.25, 0.3) is 0 Å². The molecule has 0 unspecified atom stereocenters. The standard InChI is InChI=1S/C22H15ClFN3O2/c1-28-19-8-6-14-15(22(19)29-2)4-5-16-20(12(10-25)11-26-21(14)16)27-13-3-7-18(24)17(23)9-13/h3-9,11H,1-2H3,(H,26,27). The highest BCUT2D eigenvalue weighted by Crippen LogP contribution is 2.40. The van der Waals surface area contributed by atoms with Crippen LogP contribution in [0.15, 0.2) is 48.7 Å². The maximum atomic E-state index is 13.5. The van der Waals surface area contributed by atoms with Crippen LogP contribution >= 0.6 is 11.6 Å². The minimum atomic E-state index is -0.510. The van der Waals surface area contributed by atoms with Crippen molar-refractivity contribution in [2.75, 3.05) is 19.5 Å². The van der Waals surface area contributed by atoms with E-state index in [1.165, 1.54) is 18.3 Å². The maximum absolute atomic E-state index is 13.5. The Morgan fingerprint density at radius 1 is 1.03 bits per heavy atom. The molecule has 4 aromatic rings. The van der Waals surface area contributed by atoms with Gasteiger partial charge in [-0.2, -0.15) is 5.26 Å². The minimum Gasteiger partial charge on any atom is -0.493 e. The van der Waals surface area contributed by atoms with Crippen molar-refractivity contribution in [3.63, 3.8) is 0 Å². The van der Waals surface area contributed by atoms with Crippen LogP contribution in [0.25, 0.3) is 21.7 Å². The Morgan fingerprint density at radius 2 is 1.79 bits per heavy atom. The number of ether oxygens (including phenoxy) is 2. The minimum absolute atomic E-state index is 0.00542. The Hall–Kier alpha value is -3.56. The fourth-order valence-electron chi connectivity index (χ4n) is 3.33. The number of hydrogen-bond acceptors (Lipinski definition) is 5. The Bertz CT molecular complexity index is 1300. The van der Waals surface area contributed by atoms with Crippen molar-refractivity contribution < 1.29 is 13.9 Å². The highest BCUT2D eigenvalue weighted by molar-refractivity contribution is 6.31. The molecule has 7 heteroatoms. The van der Waals surface area contributed by atoms with Crippen LogP contribution in [0, 0.1) is 17.1 Å². The molecule has 0 aliphatic heterocycles. The lowest BCUT2D eigenvalue weighted by Gasteiger charge is -2.15. The Balaban J connectivity index is 1.97. The first-order valence-corrected chi connectivity index (χ1v) is 9.03. The number of anilines is 2. The van der Waals surface area contributed by atoms with E-state index >= 15 is 0 Å². The van der Waals surface area contributed by atoms with Gasteiger partial charge in [0.2, 0.25) is 0 Å². The lowest BCUT2D eigenvalue weighted by molar-refractivity contribution is 0.358. The molecule has 0 atom stereocenters. The lowest BCUT2D eigenvalue weighted by Crippen LogP contribution is -1.98. The summed E-state index contributed by atoms with van der Waals surface area (Å²) in [5.74, 6) is 0.717. The fourth-order valence-corrected chi connectivity index (χ4v) is 3.51. The van der Waals surface area contributed by atoms with Gasteiger partial charge in [0, 0.05) is 28.0 Å². The average molecular weight is 408 g/mol. The van der Waals surface area contributed by atoms with Gasteiger partial charge in [0.05, 0.1) is 36.0 Å². The molecule has 144 valence electrons. The number of aromatic nitrogens is 1. The number of nitrogens with one attached hydrogen (secondary N) is 1. The number of hydrogen-bond donors (Lipinski definition) is 1. The zero-order chi connectivity index (χ0) is 20.5. The van der Waals surface area contributed by atoms with Crippen molar-refractivity contribution in [2.45, 2.75) is 0 Å². The van der Waals surface area contributed by atoms with Crippen molar-refractivity contribution in [3.05, 3.63) is 65.1 Å². The Labute approximate surface area is 171 Å². The van der Waals surface area contributed by atoms with Gasteiger partial charge < -0.3 is 14.8 Å². The van der Waals surface area contributed by atoms with Crippen molar-refractivity contribution in [2.24, 2.45) is 0 Å². The van der Waals surface area contributed by atoms with E-state index in [4.69, 9.17) is 21.1 Å². The molecule has 5 nitrogen and oxygen atoms in total. The smallest absolute Gasteiger partial charge is 0.168 e. The maximum Gasteiger partial charge on any atom is 0.168 e. The van der Waals surface area contributed by atoms with E-state index in [0.29, 0.717) is 34.0 Å². The highest BCUT2D eigenvalue weighted by atomic mass is 35.5. The van der Waals surface area contributed by atoms with Crippen LogP contribution in [0.4, 0.5) is 15.8 Å². The number of nitrogens with zero attached hydrogens (tertiary/aromatic N) is 2. The van der Waals surface area contributed by atoms with Crippen LogP contribution < -0.4 is 14.8 Å². The second kappa shape index (κ2) is 7.46. The molecular formula is C22H15ClFN3O2. The topological polar surface area (TPSA) is 67.2 Å². The molecule has 0 aliphatic rings. The van der Waals surface area contributed by atoms with Gasteiger partial charge in [-0.25, -0.2) is 4.39 Å². The van der Waals surface area contributed by atoms with Gasteiger partial charge >= 0.3 is 0 Å². The monoisotopic (exact) mass is 407 g/mol. The molecular weight excluding hydrogens is 393 g/mol. The third-order valence-electron chi connectivity index (χ3n) is 4.68. The fraction of sp³-hybridized carbons (Fsp3) is 0.0909. The molecule has 0 amide bonds. The molecule has 0 spiro atoms. The van der Waals surface area contributed by atoms with E-state index in [1.807, 2.05) is 24.3 Å². The van der Waals surface area contributed by atoms with Gasteiger partial charge in [-0.1, -0.05) is 11.6 Å². The van der Waals surface area contributed by atoms with Crippen LogP contribution in [-0.4, -0.2) is 19.2 Å². The summed E-state index contributed by atoms with van der Waals surface area (Å²) in [6.07, 6.45) is 1.51. The van der Waals surface area contributed by atoms with E-state index < -0.39 is 5.82 Å². The SMILES string of the molecule is COc1ccc2c(ccc3c(Nc4ccc(F)c(Cl)c4)c(C#N)cnc32)c1OC. The van der Waals surface area contributed by atoms with Gasteiger partial charge in [-0.15, -0.1) is 0 Å². The van der Waals surface area contributed by atoms with E-state index in [-0.39, 0.29) is 5.02 Å². The zero-order valence-electron chi connectivity index (χ0n) is 15.6. The number of nitriles is 1. The van der Waals surface area contributed by atoms with Crippen molar-refractivity contribution in [1.29, 1.82) is 5.26 Å². The first kappa shape index (κ1) is 18.8. The summed E-state index contributed by atoms with van der Waals surface area (Å²) in [5, 5.41) is 15.2. The summed E-state index contributed by atoms with van der Waals surface area (Å²) in [6, 6.07) is 13.9. The summed E-state index contributed by atoms with van der Waals surface area (Å²) in [6.45, 7) is 0. The summed E-state index contributed by atoms with van der Waals surface area (Å²) >= 11 is 5.89. The first-order chi connectivity index (χ1) is 14.1. The summed E-state index contributed by atoms with van der Waals surface area (Å²) in [4.78, 5) is 4.50. The van der Waals surface area contributed by atoms with Gasteiger partial charge in [0.15, 0.2) is 11.5 Å². The summed E-state index contributed by atoms with van der Waals surface area (Å²) in [7, 11) is 3.16. The average Bonchev–Trinajstić information content (AvgIpc) is 2.75. The van der Waals surface area contributed by atoms with Crippen molar-refractivity contribution >= 4 is 44.7 Å². The second-order valence-electron chi connectivity index (χ2n) is 6.27. The van der Waals surface area contributed by atoms with Crippen LogP contribution in [0.2, 0.25) is 5.02 Å². The Kier molecular flexibility index (Phi) is 4.83. The highest BCUT2D eigenvalue weighted by Gasteiger charge is 2.16. The number of pyridine rings is 1. The molecule has 0 bridgehead atoms. The molecule has 0 fully saturated rings. The third-order valence-corrected chi connectivity index (χ3v) is 4.97. The summed E-state index contributed by atoms with van der Waals surface area (Å²) < 4.78 is 24.4. The predicted octanol–water partition coefficient (Wildman–Crippen LogP) is 5.81. The largest absolute Gasteiger partial charge is 0.493 e. The quantitative estimate of drug-likeness (QED) is 0.432. The molecule has 0 saturated heterocycles. The van der Waals surface area contributed by atoms with Crippen molar-refractivity contribution in [1.82, 2.24) is 4.98 Å². The molecule has 29 heavy (non-hydrogen) atoms. The van der Waals surface area contributed by atoms with Gasteiger partial charge in [0.1, 0.15) is 11.9 Å². The van der Waals surface area contributed by atoms with E-state index in [1.54, 1.807) is 20.3 Å². The molecule has 1 N–H and O–H groups in total. The van der Waals surface area contributed by atoms with Crippen LogP contribution in [0.3, 0.4) is 0 Å². The van der Waals surface area contributed by atoms with E-state index in [0.717, 1.165) is 16.2 Å². The van der Waals surface area contributed by atoms with Crippen LogP contribution in [-0.2, 0) is 0 Å². The van der Waals surface area contributed by atoms with E-state index in [2.05, 4.69) is 16.4 Å². The molecule has 0 saturated carbocycles. The zero-order valence-corrected chi connectivity index (χ0v) is 16.3. The molecule has 0 radical (unpaired) electrons. The summed E-state index contributed by atoms with van der Waals surface area (Å²) in [5.41, 5.74) is 2.18. The van der Waals surface area contributed by atoms with Crippen LogP contribution in [0.1, 0.15) is 5.56 Å². The van der Waals surface area contributed by atoms with E-state index in [9.17, 15) is 9.65 Å². The van der Waals surface area contributed by atoms with Crippen LogP contribution in [0.5, 0.6) is 11.5 Å². The lowest BCUT2D eigenvalue weighted by atomic mass is 10.0. The molecule has 4 rings (SSSR count). The molecule has 1 aromatic heterocycles. The number of fused-ring (bicyclic) bond motifs is 3. The number of rotatable bonds is 4. The third kappa shape index (κ3) is 3.16. The normalized spacial score (nSPS) is 10.7. The van der Waals surface area contributed by atoms with Gasteiger partial charge in [-0.3, -0.25) is 4.98 Å². The van der Waals surface area contributed by atoms with Crippen molar-refractivity contribution in [3.8, 4) is 17.6 Å². The number of halogens is 2. The molecule has 0 aliphatic carbocycles. The Morgan fingerprint density at radius 3 is 2.48 bits per heavy atom. The van der Waals surface area contributed by atoms with Gasteiger partial charge in [-0.05, 0) is 42.5 Å². The first-order valence-electron chi connectivity index (χ1n) is 8.66.